The Bertz CT molecular complexity index is 443. The van der Waals surface area contributed by atoms with Gasteiger partial charge < -0.3 is 15.3 Å². The normalized spacial score (nSPS) is 17.7. The molecule has 0 atom stereocenters. The van der Waals surface area contributed by atoms with Crippen molar-refractivity contribution < 1.29 is 14.3 Å². The zero-order valence-corrected chi connectivity index (χ0v) is 10.3. The van der Waals surface area contributed by atoms with Crippen molar-refractivity contribution in [2.24, 2.45) is 0 Å². The number of carboxylic acids is 1. The van der Waals surface area contributed by atoms with Gasteiger partial charge in [0.05, 0.1) is 11.3 Å². The number of hydrogen-bond acceptors (Lipinski definition) is 3. The molecular formula is C13H17FN2O2. The molecule has 98 valence electrons. The molecule has 4 nitrogen and oxygen atoms in total. The number of benzene rings is 1. The van der Waals surface area contributed by atoms with Crippen LogP contribution in [0.2, 0.25) is 0 Å². The first kappa shape index (κ1) is 12.8. The summed E-state index contributed by atoms with van der Waals surface area (Å²) in [5.74, 6) is -1.44. The highest BCUT2D eigenvalue weighted by Crippen LogP contribution is 2.20. The van der Waals surface area contributed by atoms with Crippen molar-refractivity contribution >= 4 is 11.7 Å². The fourth-order valence-electron chi connectivity index (χ4n) is 2.14. The highest BCUT2D eigenvalue weighted by molar-refractivity contribution is 5.88. The summed E-state index contributed by atoms with van der Waals surface area (Å²) in [7, 11) is 2.06. The molecule has 1 heterocycles. The number of anilines is 1. The van der Waals surface area contributed by atoms with Crippen LogP contribution >= 0.6 is 0 Å². The van der Waals surface area contributed by atoms with Crippen LogP contribution in [0, 0.1) is 5.82 Å². The van der Waals surface area contributed by atoms with E-state index in [0.717, 1.165) is 25.9 Å². The summed E-state index contributed by atoms with van der Waals surface area (Å²) in [6.07, 6.45) is 1.88. The van der Waals surface area contributed by atoms with E-state index in [2.05, 4.69) is 17.3 Å². The smallest absolute Gasteiger partial charge is 0.335 e. The van der Waals surface area contributed by atoms with E-state index in [4.69, 9.17) is 5.11 Å². The number of hydrogen-bond donors (Lipinski definition) is 2. The Balaban J connectivity index is 2.08. The third-order valence-electron chi connectivity index (χ3n) is 3.29. The summed E-state index contributed by atoms with van der Waals surface area (Å²) in [5, 5.41) is 12.0. The number of carboxylic acid groups (broad SMARTS) is 1. The molecule has 0 saturated carbocycles. The van der Waals surface area contributed by atoms with E-state index in [1.165, 1.54) is 18.2 Å². The summed E-state index contributed by atoms with van der Waals surface area (Å²) in [6.45, 7) is 1.94. The molecule has 1 saturated heterocycles. The van der Waals surface area contributed by atoms with Crippen molar-refractivity contribution in [2.45, 2.75) is 18.9 Å². The van der Waals surface area contributed by atoms with E-state index in [1.807, 2.05) is 0 Å². The van der Waals surface area contributed by atoms with Gasteiger partial charge >= 0.3 is 5.97 Å². The van der Waals surface area contributed by atoms with Crippen molar-refractivity contribution in [3.05, 3.63) is 29.6 Å². The molecule has 2 rings (SSSR count). The molecule has 0 radical (unpaired) electrons. The predicted octanol–water partition coefficient (Wildman–Crippen LogP) is 2.03. The summed E-state index contributed by atoms with van der Waals surface area (Å²) < 4.78 is 13.6. The summed E-state index contributed by atoms with van der Waals surface area (Å²) in [5.41, 5.74) is 0.385. The Kier molecular flexibility index (Phi) is 3.81. The fraction of sp³-hybridized carbons (Fsp3) is 0.462. The second-order valence-corrected chi connectivity index (χ2v) is 4.72. The van der Waals surface area contributed by atoms with Gasteiger partial charge in [-0.25, -0.2) is 9.18 Å². The Morgan fingerprint density at radius 2 is 2.11 bits per heavy atom. The number of nitrogens with zero attached hydrogens (tertiary/aromatic N) is 1. The Morgan fingerprint density at radius 3 is 2.72 bits per heavy atom. The predicted molar refractivity (Wildman–Crippen MR) is 67.5 cm³/mol. The van der Waals surface area contributed by atoms with E-state index in [0.29, 0.717) is 0 Å². The van der Waals surface area contributed by atoms with Gasteiger partial charge in [-0.3, -0.25) is 0 Å². The maximum absolute atomic E-state index is 13.6. The molecule has 1 aromatic rings. The number of aromatic carboxylic acids is 1. The van der Waals surface area contributed by atoms with Crippen LogP contribution in [0.1, 0.15) is 23.2 Å². The second kappa shape index (κ2) is 5.35. The third kappa shape index (κ3) is 2.98. The van der Waals surface area contributed by atoms with E-state index in [1.54, 1.807) is 0 Å². The molecule has 1 aliphatic heterocycles. The van der Waals surface area contributed by atoms with Gasteiger partial charge in [0.1, 0.15) is 5.82 Å². The fourth-order valence-corrected chi connectivity index (χ4v) is 2.14. The zero-order valence-electron chi connectivity index (χ0n) is 10.3. The lowest BCUT2D eigenvalue weighted by Crippen LogP contribution is -2.36. The van der Waals surface area contributed by atoms with Gasteiger partial charge in [-0.1, -0.05) is 0 Å². The van der Waals surface area contributed by atoms with E-state index >= 15 is 0 Å². The van der Waals surface area contributed by atoms with Gasteiger partial charge in [-0.15, -0.1) is 0 Å². The quantitative estimate of drug-likeness (QED) is 0.864. The number of nitrogens with one attached hydrogen (secondary N) is 1. The number of halogens is 1. The van der Waals surface area contributed by atoms with Gasteiger partial charge in [-0.05, 0) is 51.2 Å². The highest BCUT2D eigenvalue weighted by atomic mass is 19.1. The van der Waals surface area contributed by atoms with E-state index in [-0.39, 0.29) is 17.3 Å². The Morgan fingerprint density at radius 1 is 1.44 bits per heavy atom. The van der Waals surface area contributed by atoms with Crippen LogP contribution in [0.5, 0.6) is 0 Å². The molecule has 18 heavy (non-hydrogen) atoms. The van der Waals surface area contributed by atoms with Gasteiger partial charge in [0.2, 0.25) is 0 Å². The minimum atomic E-state index is -1.04. The van der Waals surface area contributed by atoms with Crippen LogP contribution in [-0.4, -0.2) is 42.2 Å². The molecule has 1 fully saturated rings. The van der Waals surface area contributed by atoms with Crippen LogP contribution in [0.3, 0.4) is 0 Å². The number of carbonyl (C=O) groups is 1. The first-order valence-corrected chi connectivity index (χ1v) is 6.04. The van der Waals surface area contributed by atoms with E-state index < -0.39 is 11.8 Å². The topological polar surface area (TPSA) is 52.6 Å². The number of rotatable bonds is 3. The minimum Gasteiger partial charge on any atom is -0.478 e. The summed E-state index contributed by atoms with van der Waals surface area (Å²) >= 11 is 0. The molecule has 0 amide bonds. The zero-order chi connectivity index (χ0) is 13.1. The highest BCUT2D eigenvalue weighted by Gasteiger charge is 2.18. The lowest BCUT2D eigenvalue weighted by Gasteiger charge is -2.30. The number of likely N-dealkylation sites (tertiary alicyclic amines) is 1. The molecule has 1 aliphatic rings. The second-order valence-electron chi connectivity index (χ2n) is 4.72. The molecule has 5 heteroatoms. The minimum absolute atomic E-state index is 0.104. The average molecular weight is 252 g/mol. The van der Waals surface area contributed by atoms with Gasteiger partial charge in [0.25, 0.3) is 0 Å². The summed E-state index contributed by atoms with van der Waals surface area (Å²) in [4.78, 5) is 13.1. The van der Waals surface area contributed by atoms with Gasteiger partial charge in [0.15, 0.2) is 0 Å². The first-order chi connectivity index (χ1) is 8.56. The van der Waals surface area contributed by atoms with Gasteiger partial charge in [-0.2, -0.15) is 0 Å². The SMILES string of the molecule is CN1CCC(Nc2cc(C(=O)O)ccc2F)CC1. The van der Waals surface area contributed by atoms with E-state index in [9.17, 15) is 9.18 Å². The molecule has 0 unspecified atom stereocenters. The maximum atomic E-state index is 13.6. The van der Waals surface area contributed by atoms with Crippen LogP contribution in [0.15, 0.2) is 18.2 Å². The lowest BCUT2D eigenvalue weighted by atomic mass is 10.0. The summed E-state index contributed by atoms with van der Waals surface area (Å²) in [6, 6.07) is 4.04. The van der Waals surface area contributed by atoms with Crippen LogP contribution < -0.4 is 5.32 Å². The maximum Gasteiger partial charge on any atom is 0.335 e. The molecular weight excluding hydrogens is 235 g/mol. The van der Waals surface area contributed by atoms with Crippen molar-refractivity contribution in [1.82, 2.24) is 4.90 Å². The van der Waals surface area contributed by atoms with Crippen molar-refractivity contribution in [1.29, 1.82) is 0 Å². The molecule has 0 aliphatic carbocycles. The molecule has 2 N–H and O–H groups in total. The third-order valence-corrected chi connectivity index (χ3v) is 3.29. The Labute approximate surface area is 105 Å². The van der Waals surface area contributed by atoms with Gasteiger partial charge in [0, 0.05) is 6.04 Å². The standard InChI is InChI=1S/C13H17FN2O2/c1-16-6-4-10(5-7-16)15-12-8-9(13(17)18)2-3-11(12)14/h2-3,8,10,15H,4-7H2,1H3,(H,17,18). The first-order valence-electron chi connectivity index (χ1n) is 6.04. The van der Waals surface area contributed by atoms with Crippen LogP contribution in [0.25, 0.3) is 0 Å². The largest absolute Gasteiger partial charge is 0.478 e. The van der Waals surface area contributed by atoms with Crippen LogP contribution in [0.4, 0.5) is 10.1 Å². The lowest BCUT2D eigenvalue weighted by molar-refractivity contribution is 0.0697. The van der Waals surface area contributed by atoms with Crippen molar-refractivity contribution in [3.63, 3.8) is 0 Å². The molecule has 0 aromatic heterocycles. The Hall–Kier alpha value is -1.62. The van der Waals surface area contributed by atoms with Crippen molar-refractivity contribution in [2.75, 3.05) is 25.5 Å². The number of piperidine rings is 1. The molecule has 1 aromatic carbocycles. The average Bonchev–Trinajstić information content (AvgIpc) is 2.34. The molecule has 0 spiro atoms. The molecule has 0 bridgehead atoms. The van der Waals surface area contributed by atoms with Crippen molar-refractivity contribution in [3.8, 4) is 0 Å². The monoisotopic (exact) mass is 252 g/mol. The van der Waals surface area contributed by atoms with Crippen LogP contribution in [-0.2, 0) is 0 Å².